The average molecular weight is 293 g/mol. The van der Waals surface area contributed by atoms with Crippen molar-refractivity contribution in [3.05, 3.63) is 35.5 Å². The number of hydrogen-bond acceptors (Lipinski definition) is 1. The minimum atomic E-state index is 0.329. The molecule has 0 bridgehead atoms. The molecular formula is C20H36O. The van der Waals surface area contributed by atoms with Gasteiger partial charge in [-0.1, -0.05) is 42.4 Å². The molecule has 0 heterocycles. The van der Waals surface area contributed by atoms with Crippen LogP contribution in [0.1, 0.15) is 73.1 Å². The molecule has 1 rings (SSSR count). The molecule has 0 saturated carbocycles. The molecule has 0 radical (unpaired) electrons. The maximum atomic E-state index is 8.63. The van der Waals surface area contributed by atoms with Crippen molar-refractivity contribution in [3.63, 3.8) is 0 Å². The lowest BCUT2D eigenvalue weighted by Crippen LogP contribution is -2.04. The van der Waals surface area contributed by atoms with Gasteiger partial charge in [0, 0.05) is 6.61 Å². The maximum absolute atomic E-state index is 8.63. The van der Waals surface area contributed by atoms with Crippen molar-refractivity contribution in [2.75, 3.05) is 6.61 Å². The van der Waals surface area contributed by atoms with Crippen molar-refractivity contribution in [2.45, 2.75) is 73.1 Å². The first-order chi connectivity index (χ1) is 9.86. The molecule has 2 unspecified atom stereocenters. The Balaban J connectivity index is 0.000000382. The van der Waals surface area contributed by atoms with Crippen LogP contribution >= 0.6 is 0 Å². The molecule has 0 aromatic carbocycles. The molecule has 1 nitrogen and oxygen atoms in total. The number of allylic oxidation sites excluding steroid dienone is 5. The van der Waals surface area contributed by atoms with Gasteiger partial charge in [-0.2, -0.15) is 0 Å². The van der Waals surface area contributed by atoms with Gasteiger partial charge in [-0.15, -0.1) is 0 Å². The van der Waals surface area contributed by atoms with Gasteiger partial charge in [0.15, 0.2) is 0 Å². The van der Waals surface area contributed by atoms with Crippen molar-refractivity contribution in [1.82, 2.24) is 0 Å². The summed E-state index contributed by atoms with van der Waals surface area (Å²) in [5.74, 6) is 1.43. The van der Waals surface area contributed by atoms with E-state index in [-0.39, 0.29) is 0 Å². The molecule has 2 atom stereocenters. The van der Waals surface area contributed by atoms with Gasteiger partial charge in [-0.05, 0) is 78.1 Å². The molecule has 122 valence electrons. The largest absolute Gasteiger partial charge is 0.396 e. The topological polar surface area (TPSA) is 20.2 Å². The van der Waals surface area contributed by atoms with E-state index in [4.69, 9.17) is 5.11 Å². The highest BCUT2D eigenvalue weighted by Crippen LogP contribution is 2.27. The highest BCUT2D eigenvalue weighted by Gasteiger charge is 2.11. The summed E-state index contributed by atoms with van der Waals surface area (Å²) in [6, 6.07) is 0. The standard InChI is InChI=1S/C10H20O.C10H16/c1-9(2)5-4-6-10(3)7-8-11;1-8(2)10-6-4-9(3)5-7-10/h5,10-11H,4,6-8H2,1-3H3;4,10H,1,5-7H2,2-3H3. The maximum Gasteiger partial charge on any atom is 0.0433 e. The predicted molar refractivity (Wildman–Crippen MR) is 95.4 cm³/mol. The smallest absolute Gasteiger partial charge is 0.0433 e. The Morgan fingerprint density at radius 1 is 1.38 bits per heavy atom. The highest BCUT2D eigenvalue weighted by molar-refractivity contribution is 5.09. The lowest BCUT2D eigenvalue weighted by molar-refractivity contribution is 0.259. The van der Waals surface area contributed by atoms with Crippen LogP contribution in [0.3, 0.4) is 0 Å². The summed E-state index contributed by atoms with van der Waals surface area (Å²) < 4.78 is 0. The molecule has 0 aliphatic heterocycles. The Morgan fingerprint density at radius 3 is 2.48 bits per heavy atom. The number of aliphatic hydroxyl groups is 1. The van der Waals surface area contributed by atoms with Crippen molar-refractivity contribution in [1.29, 1.82) is 0 Å². The van der Waals surface area contributed by atoms with Gasteiger partial charge < -0.3 is 5.11 Å². The first kappa shape index (κ1) is 20.2. The zero-order valence-electron chi connectivity index (χ0n) is 14.9. The van der Waals surface area contributed by atoms with Gasteiger partial charge in [-0.25, -0.2) is 0 Å². The summed E-state index contributed by atoms with van der Waals surface area (Å²) in [6.45, 7) is 15.1. The van der Waals surface area contributed by atoms with E-state index in [0.29, 0.717) is 12.5 Å². The molecule has 1 heteroatoms. The van der Waals surface area contributed by atoms with Crippen LogP contribution in [-0.4, -0.2) is 11.7 Å². The van der Waals surface area contributed by atoms with E-state index in [1.165, 1.54) is 36.8 Å². The third-order valence-electron chi connectivity index (χ3n) is 4.17. The predicted octanol–water partition coefficient (Wildman–Crippen LogP) is 6.06. The third-order valence-corrected chi connectivity index (χ3v) is 4.17. The van der Waals surface area contributed by atoms with Crippen LogP contribution in [0.4, 0.5) is 0 Å². The minimum Gasteiger partial charge on any atom is -0.396 e. The van der Waals surface area contributed by atoms with Gasteiger partial charge in [0.25, 0.3) is 0 Å². The Kier molecular flexibility index (Phi) is 11.3. The summed E-state index contributed by atoms with van der Waals surface area (Å²) in [5, 5.41) is 8.63. The van der Waals surface area contributed by atoms with Gasteiger partial charge >= 0.3 is 0 Å². The van der Waals surface area contributed by atoms with Crippen molar-refractivity contribution < 1.29 is 5.11 Å². The fraction of sp³-hybridized carbons (Fsp3) is 0.700. The van der Waals surface area contributed by atoms with Gasteiger partial charge in [0.2, 0.25) is 0 Å². The van der Waals surface area contributed by atoms with E-state index in [0.717, 1.165) is 18.8 Å². The Labute approximate surface area is 132 Å². The van der Waals surface area contributed by atoms with E-state index in [1.807, 2.05) is 0 Å². The van der Waals surface area contributed by atoms with Crippen LogP contribution in [0.5, 0.6) is 0 Å². The zero-order chi connectivity index (χ0) is 16.3. The normalized spacial score (nSPS) is 19.0. The van der Waals surface area contributed by atoms with Gasteiger partial charge in [-0.3, -0.25) is 0 Å². The molecule has 1 aliphatic carbocycles. The Bertz CT molecular complexity index is 345. The second-order valence-electron chi connectivity index (χ2n) is 6.84. The molecule has 0 spiro atoms. The summed E-state index contributed by atoms with van der Waals surface area (Å²) in [6.07, 6.45) is 11.7. The lowest BCUT2D eigenvalue weighted by atomic mass is 9.86. The molecule has 0 fully saturated rings. The SMILES string of the molecule is C=C(C)C1CC=C(C)CC1.CC(C)=CCCC(C)CCO. The van der Waals surface area contributed by atoms with Crippen molar-refractivity contribution in [2.24, 2.45) is 11.8 Å². The minimum absolute atomic E-state index is 0.329. The van der Waals surface area contributed by atoms with Crippen molar-refractivity contribution >= 4 is 0 Å². The summed E-state index contributed by atoms with van der Waals surface area (Å²) >= 11 is 0. The Morgan fingerprint density at radius 2 is 2.05 bits per heavy atom. The van der Waals surface area contributed by atoms with Crippen LogP contribution in [0.2, 0.25) is 0 Å². The molecule has 0 aromatic rings. The number of hydrogen-bond donors (Lipinski definition) is 1. The van der Waals surface area contributed by atoms with Crippen LogP contribution in [0, 0.1) is 11.8 Å². The first-order valence-corrected chi connectivity index (χ1v) is 8.42. The molecule has 0 saturated heterocycles. The average Bonchev–Trinajstić information content (AvgIpc) is 2.39. The van der Waals surface area contributed by atoms with E-state index in [2.05, 4.69) is 53.3 Å². The van der Waals surface area contributed by atoms with Crippen LogP contribution in [0.25, 0.3) is 0 Å². The highest BCUT2D eigenvalue weighted by atomic mass is 16.3. The van der Waals surface area contributed by atoms with E-state index in [1.54, 1.807) is 5.57 Å². The van der Waals surface area contributed by atoms with Gasteiger partial charge in [0.05, 0.1) is 0 Å². The van der Waals surface area contributed by atoms with Crippen LogP contribution in [0.15, 0.2) is 35.5 Å². The third kappa shape index (κ3) is 11.5. The van der Waals surface area contributed by atoms with E-state index in [9.17, 15) is 0 Å². The lowest BCUT2D eigenvalue weighted by Gasteiger charge is -2.19. The van der Waals surface area contributed by atoms with Crippen LogP contribution in [-0.2, 0) is 0 Å². The van der Waals surface area contributed by atoms with E-state index < -0.39 is 0 Å². The number of rotatable bonds is 6. The van der Waals surface area contributed by atoms with Crippen LogP contribution < -0.4 is 0 Å². The summed E-state index contributed by atoms with van der Waals surface area (Å²) in [4.78, 5) is 0. The molecule has 1 N–H and O–H groups in total. The second kappa shape index (κ2) is 11.8. The Hall–Kier alpha value is -0.820. The molecule has 0 aromatic heterocycles. The molecule has 21 heavy (non-hydrogen) atoms. The number of aliphatic hydroxyl groups excluding tert-OH is 1. The van der Waals surface area contributed by atoms with E-state index >= 15 is 0 Å². The summed E-state index contributed by atoms with van der Waals surface area (Å²) in [5.41, 5.74) is 4.29. The van der Waals surface area contributed by atoms with Gasteiger partial charge in [0.1, 0.15) is 0 Å². The molecular weight excluding hydrogens is 256 g/mol. The fourth-order valence-corrected chi connectivity index (χ4v) is 2.43. The quantitative estimate of drug-likeness (QED) is 0.590. The first-order valence-electron chi connectivity index (χ1n) is 8.42. The van der Waals surface area contributed by atoms with Crippen molar-refractivity contribution in [3.8, 4) is 0 Å². The zero-order valence-corrected chi connectivity index (χ0v) is 14.9. The summed E-state index contributed by atoms with van der Waals surface area (Å²) in [7, 11) is 0. The monoisotopic (exact) mass is 292 g/mol. The molecule has 1 aliphatic rings. The second-order valence-corrected chi connectivity index (χ2v) is 6.84. The molecule has 0 amide bonds. The fourth-order valence-electron chi connectivity index (χ4n) is 2.43.